The van der Waals surface area contributed by atoms with Crippen LogP contribution >= 0.6 is 34.8 Å². The van der Waals surface area contributed by atoms with Crippen molar-refractivity contribution in [2.24, 2.45) is 5.92 Å². The van der Waals surface area contributed by atoms with E-state index in [-0.39, 0.29) is 26.0 Å². The van der Waals surface area contributed by atoms with E-state index in [1.165, 1.54) is 12.1 Å². The Bertz CT molecular complexity index is 604. The second-order valence-corrected chi connectivity index (χ2v) is 8.01. The second-order valence-electron chi connectivity index (χ2n) is 5.16. The van der Waals surface area contributed by atoms with Gasteiger partial charge in [0.05, 0.1) is 15.1 Å². The van der Waals surface area contributed by atoms with Gasteiger partial charge in [0, 0.05) is 6.04 Å². The standard InChI is InChI=1S/C13H16Cl3NO2S/c1-8-4-2-3-5-10(8)17-20(18,19)11-7-6-9(14)12(15)13(11)16/h6-8,10,17H,2-5H2,1H3/t8-,10+/m0/s1. The Balaban J connectivity index is 2.29. The van der Waals surface area contributed by atoms with Crippen LogP contribution in [0.25, 0.3) is 0 Å². The van der Waals surface area contributed by atoms with Crippen molar-refractivity contribution in [3.8, 4) is 0 Å². The Labute approximate surface area is 134 Å². The molecule has 0 unspecified atom stereocenters. The molecule has 1 fully saturated rings. The lowest BCUT2D eigenvalue weighted by molar-refractivity contribution is 0.310. The Kier molecular flexibility index (Phi) is 5.24. The fourth-order valence-corrected chi connectivity index (χ4v) is 4.83. The molecule has 1 saturated carbocycles. The molecule has 1 aliphatic rings. The van der Waals surface area contributed by atoms with E-state index in [1.54, 1.807) is 0 Å². The number of rotatable bonds is 3. The van der Waals surface area contributed by atoms with E-state index in [0.29, 0.717) is 5.92 Å². The normalized spacial score (nSPS) is 23.8. The zero-order chi connectivity index (χ0) is 14.9. The minimum absolute atomic E-state index is 0.0219. The van der Waals surface area contributed by atoms with Crippen molar-refractivity contribution in [2.75, 3.05) is 0 Å². The number of benzene rings is 1. The van der Waals surface area contributed by atoms with Gasteiger partial charge in [0.15, 0.2) is 0 Å². The van der Waals surface area contributed by atoms with Gasteiger partial charge in [-0.2, -0.15) is 0 Å². The molecule has 0 heterocycles. The largest absolute Gasteiger partial charge is 0.242 e. The Morgan fingerprint density at radius 2 is 1.75 bits per heavy atom. The quantitative estimate of drug-likeness (QED) is 0.810. The lowest BCUT2D eigenvalue weighted by Gasteiger charge is -2.29. The summed E-state index contributed by atoms with van der Waals surface area (Å²) in [4.78, 5) is -0.0219. The molecule has 1 aliphatic carbocycles. The van der Waals surface area contributed by atoms with Crippen molar-refractivity contribution in [1.29, 1.82) is 0 Å². The molecule has 0 radical (unpaired) electrons. The van der Waals surface area contributed by atoms with Gasteiger partial charge in [-0.1, -0.05) is 54.6 Å². The molecule has 1 aromatic carbocycles. The summed E-state index contributed by atoms with van der Waals surface area (Å²) >= 11 is 17.7. The van der Waals surface area contributed by atoms with Crippen LogP contribution in [-0.4, -0.2) is 14.5 Å². The third-order valence-electron chi connectivity index (χ3n) is 3.71. The van der Waals surface area contributed by atoms with Crippen LogP contribution in [0, 0.1) is 5.92 Å². The van der Waals surface area contributed by atoms with E-state index in [4.69, 9.17) is 34.8 Å². The van der Waals surface area contributed by atoms with E-state index in [2.05, 4.69) is 11.6 Å². The zero-order valence-electron chi connectivity index (χ0n) is 11.0. The third kappa shape index (κ3) is 3.42. The van der Waals surface area contributed by atoms with E-state index in [0.717, 1.165) is 25.7 Å². The summed E-state index contributed by atoms with van der Waals surface area (Å²) in [5.41, 5.74) is 0. The Morgan fingerprint density at radius 1 is 1.10 bits per heavy atom. The van der Waals surface area contributed by atoms with Gasteiger partial charge in [0.2, 0.25) is 10.0 Å². The van der Waals surface area contributed by atoms with Gasteiger partial charge < -0.3 is 0 Å². The van der Waals surface area contributed by atoms with E-state index in [9.17, 15) is 8.42 Å². The summed E-state index contributed by atoms with van der Waals surface area (Å²) in [5.74, 6) is 0.320. The van der Waals surface area contributed by atoms with Crippen molar-refractivity contribution in [3.05, 3.63) is 27.2 Å². The molecule has 0 spiro atoms. The van der Waals surface area contributed by atoms with Crippen LogP contribution in [0.3, 0.4) is 0 Å². The van der Waals surface area contributed by atoms with E-state index in [1.807, 2.05) is 0 Å². The molecule has 112 valence electrons. The highest BCUT2D eigenvalue weighted by atomic mass is 35.5. The SMILES string of the molecule is C[C@H]1CCCC[C@H]1NS(=O)(=O)c1ccc(Cl)c(Cl)c1Cl. The molecule has 1 aromatic rings. The minimum atomic E-state index is -3.69. The van der Waals surface area contributed by atoms with Gasteiger partial charge >= 0.3 is 0 Å². The highest BCUT2D eigenvalue weighted by Gasteiger charge is 2.28. The Morgan fingerprint density at radius 3 is 2.40 bits per heavy atom. The summed E-state index contributed by atoms with van der Waals surface area (Å²) in [6.45, 7) is 2.06. The fraction of sp³-hybridized carbons (Fsp3) is 0.538. The minimum Gasteiger partial charge on any atom is -0.208 e. The summed E-state index contributed by atoms with van der Waals surface area (Å²) in [5, 5.41) is 0.268. The third-order valence-corrected chi connectivity index (χ3v) is 6.65. The van der Waals surface area contributed by atoms with Gasteiger partial charge in [-0.15, -0.1) is 0 Å². The fourth-order valence-electron chi connectivity index (χ4n) is 2.47. The number of halogens is 3. The van der Waals surface area contributed by atoms with Crippen LogP contribution in [0.2, 0.25) is 15.1 Å². The molecule has 2 rings (SSSR count). The van der Waals surface area contributed by atoms with E-state index < -0.39 is 10.0 Å². The van der Waals surface area contributed by atoms with Crippen LogP contribution in [0.4, 0.5) is 0 Å². The van der Waals surface area contributed by atoms with Crippen molar-refractivity contribution >= 4 is 44.8 Å². The van der Waals surface area contributed by atoms with Crippen molar-refractivity contribution in [2.45, 2.75) is 43.5 Å². The first-order valence-corrected chi connectivity index (χ1v) is 9.10. The first-order valence-electron chi connectivity index (χ1n) is 6.49. The van der Waals surface area contributed by atoms with Crippen molar-refractivity contribution < 1.29 is 8.42 Å². The molecule has 3 nitrogen and oxygen atoms in total. The maximum atomic E-state index is 12.4. The molecular weight excluding hydrogens is 341 g/mol. The number of sulfonamides is 1. The molecule has 2 atom stereocenters. The summed E-state index contributed by atoms with van der Waals surface area (Å²) in [6.07, 6.45) is 4.06. The maximum absolute atomic E-state index is 12.4. The predicted octanol–water partition coefficient (Wildman–Crippen LogP) is 4.50. The molecule has 20 heavy (non-hydrogen) atoms. The monoisotopic (exact) mass is 355 g/mol. The van der Waals surface area contributed by atoms with Crippen LogP contribution < -0.4 is 4.72 Å². The lowest BCUT2D eigenvalue weighted by Crippen LogP contribution is -2.41. The molecule has 7 heteroatoms. The van der Waals surface area contributed by atoms with Crippen LogP contribution in [-0.2, 0) is 10.0 Å². The van der Waals surface area contributed by atoms with Crippen molar-refractivity contribution in [1.82, 2.24) is 4.72 Å². The first kappa shape index (κ1) is 16.4. The van der Waals surface area contributed by atoms with E-state index >= 15 is 0 Å². The molecule has 0 aromatic heterocycles. The average molecular weight is 357 g/mol. The summed E-state index contributed by atoms with van der Waals surface area (Å²) in [7, 11) is -3.69. The van der Waals surface area contributed by atoms with Gasteiger partial charge in [-0.05, 0) is 30.9 Å². The molecule has 1 N–H and O–H groups in total. The predicted molar refractivity (Wildman–Crippen MR) is 83.2 cm³/mol. The number of hydrogen-bond donors (Lipinski definition) is 1. The highest BCUT2D eigenvalue weighted by Crippen LogP contribution is 2.35. The maximum Gasteiger partial charge on any atom is 0.242 e. The second kappa shape index (κ2) is 6.41. The summed E-state index contributed by atoms with van der Waals surface area (Å²) < 4.78 is 27.6. The van der Waals surface area contributed by atoms with Crippen LogP contribution in [0.5, 0.6) is 0 Å². The van der Waals surface area contributed by atoms with Crippen LogP contribution in [0.1, 0.15) is 32.6 Å². The molecule has 0 aliphatic heterocycles. The van der Waals surface area contributed by atoms with Crippen LogP contribution in [0.15, 0.2) is 17.0 Å². The zero-order valence-corrected chi connectivity index (χ0v) is 14.1. The van der Waals surface area contributed by atoms with Gasteiger partial charge in [0.1, 0.15) is 4.90 Å². The van der Waals surface area contributed by atoms with Gasteiger partial charge in [0.25, 0.3) is 0 Å². The smallest absolute Gasteiger partial charge is 0.208 e. The first-order chi connectivity index (χ1) is 9.33. The van der Waals surface area contributed by atoms with Crippen molar-refractivity contribution in [3.63, 3.8) is 0 Å². The average Bonchev–Trinajstić information content (AvgIpc) is 2.38. The Hall–Kier alpha value is -0.000000000000000167. The number of hydrogen-bond acceptors (Lipinski definition) is 2. The number of nitrogens with one attached hydrogen (secondary N) is 1. The molecule has 0 bridgehead atoms. The molecule has 0 saturated heterocycles. The topological polar surface area (TPSA) is 46.2 Å². The van der Waals surface area contributed by atoms with Gasteiger partial charge in [-0.25, -0.2) is 13.1 Å². The molecular formula is C13H16Cl3NO2S. The molecule has 0 amide bonds. The van der Waals surface area contributed by atoms with Gasteiger partial charge in [-0.3, -0.25) is 0 Å². The lowest BCUT2D eigenvalue weighted by atomic mass is 9.87. The highest BCUT2D eigenvalue weighted by molar-refractivity contribution is 7.89. The summed E-state index contributed by atoms with van der Waals surface area (Å²) in [6, 6.07) is 2.76.